The standard InChI is InChI=1S/C19H27F3N4O/c20-19(21,22)14-25-9-5-16(6-10-25)18(27)24-13-15-3-11-26(12-4-15)17-1-7-23-8-2-17/h1-2,7-8,15-16H,3-6,9-14H2,(H,24,27). The second-order valence-corrected chi connectivity index (χ2v) is 7.55. The highest BCUT2D eigenvalue weighted by molar-refractivity contribution is 5.78. The lowest BCUT2D eigenvalue weighted by Crippen LogP contribution is -2.45. The molecular formula is C19H27F3N4O. The van der Waals surface area contributed by atoms with Crippen molar-refractivity contribution >= 4 is 11.6 Å². The first-order valence-electron chi connectivity index (χ1n) is 9.62. The molecule has 0 bridgehead atoms. The number of carbonyl (C=O) groups excluding carboxylic acids is 1. The van der Waals surface area contributed by atoms with E-state index in [1.54, 1.807) is 12.4 Å². The number of aromatic nitrogens is 1. The minimum atomic E-state index is -4.17. The molecule has 8 heteroatoms. The van der Waals surface area contributed by atoms with Gasteiger partial charge in [0.25, 0.3) is 0 Å². The number of carbonyl (C=O) groups is 1. The molecule has 1 amide bonds. The molecule has 150 valence electrons. The molecule has 2 aliphatic heterocycles. The van der Waals surface area contributed by atoms with Gasteiger partial charge in [-0.2, -0.15) is 13.2 Å². The van der Waals surface area contributed by atoms with Crippen LogP contribution in [0, 0.1) is 11.8 Å². The minimum absolute atomic E-state index is 0.00165. The van der Waals surface area contributed by atoms with Gasteiger partial charge >= 0.3 is 6.18 Å². The van der Waals surface area contributed by atoms with Gasteiger partial charge in [0.15, 0.2) is 0 Å². The van der Waals surface area contributed by atoms with Crippen LogP contribution in [0.25, 0.3) is 0 Å². The average Bonchev–Trinajstić information content (AvgIpc) is 2.66. The molecule has 2 saturated heterocycles. The highest BCUT2D eigenvalue weighted by atomic mass is 19.4. The molecule has 2 fully saturated rings. The fraction of sp³-hybridized carbons (Fsp3) is 0.684. The van der Waals surface area contributed by atoms with E-state index < -0.39 is 12.7 Å². The summed E-state index contributed by atoms with van der Waals surface area (Å²) in [4.78, 5) is 20.1. The molecular weight excluding hydrogens is 357 g/mol. The third-order valence-electron chi connectivity index (χ3n) is 5.57. The summed E-state index contributed by atoms with van der Waals surface area (Å²) in [6.07, 6.45) is 2.47. The monoisotopic (exact) mass is 384 g/mol. The van der Waals surface area contributed by atoms with Crippen LogP contribution in [0.5, 0.6) is 0 Å². The van der Waals surface area contributed by atoms with Gasteiger partial charge in [-0.3, -0.25) is 14.7 Å². The number of nitrogens with one attached hydrogen (secondary N) is 1. The molecule has 3 heterocycles. The van der Waals surface area contributed by atoms with E-state index in [1.165, 1.54) is 10.6 Å². The van der Waals surface area contributed by atoms with Gasteiger partial charge in [0.05, 0.1) is 6.54 Å². The molecule has 0 radical (unpaired) electrons. The van der Waals surface area contributed by atoms with Crippen LogP contribution in [0.15, 0.2) is 24.5 Å². The predicted molar refractivity (Wildman–Crippen MR) is 97.4 cm³/mol. The zero-order chi connectivity index (χ0) is 19.3. The summed E-state index contributed by atoms with van der Waals surface area (Å²) < 4.78 is 37.3. The third kappa shape index (κ3) is 6.09. The second-order valence-electron chi connectivity index (χ2n) is 7.55. The van der Waals surface area contributed by atoms with Crippen molar-refractivity contribution in [2.24, 2.45) is 11.8 Å². The number of alkyl halides is 3. The van der Waals surface area contributed by atoms with E-state index in [4.69, 9.17) is 0 Å². The number of nitrogens with zero attached hydrogens (tertiary/aromatic N) is 3. The summed E-state index contributed by atoms with van der Waals surface area (Å²) in [5.41, 5.74) is 1.18. The zero-order valence-corrected chi connectivity index (χ0v) is 15.4. The van der Waals surface area contributed by atoms with Gasteiger partial charge in [-0.05, 0) is 56.8 Å². The quantitative estimate of drug-likeness (QED) is 0.848. The maximum absolute atomic E-state index is 12.4. The van der Waals surface area contributed by atoms with Gasteiger partial charge in [0.1, 0.15) is 0 Å². The Balaban J connectivity index is 1.35. The Morgan fingerprint density at radius 3 is 2.30 bits per heavy atom. The van der Waals surface area contributed by atoms with Crippen LogP contribution in [0.2, 0.25) is 0 Å². The van der Waals surface area contributed by atoms with Gasteiger partial charge in [0, 0.05) is 43.6 Å². The molecule has 0 unspecified atom stereocenters. The first-order valence-corrected chi connectivity index (χ1v) is 9.62. The Hall–Kier alpha value is -1.83. The highest BCUT2D eigenvalue weighted by Crippen LogP contribution is 2.24. The van der Waals surface area contributed by atoms with E-state index in [1.807, 2.05) is 12.1 Å². The summed E-state index contributed by atoms with van der Waals surface area (Å²) in [5.74, 6) is 0.293. The van der Waals surface area contributed by atoms with Gasteiger partial charge in [-0.25, -0.2) is 0 Å². The number of pyridine rings is 1. The van der Waals surface area contributed by atoms with Gasteiger partial charge in [-0.1, -0.05) is 0 Å². The van der Waals surface area contributed by atoms with E-state index in [-0.39, 0.29) is 11.8 Å². The van der Waals surface area contributed by atoms with Crippen LogP contribution in [-0.2, 0) is 4.79 Å². The number of halogens is 3. The summed E-state index contributed by atoms with van der Waals surface area (Å²) in [6.45, 7) is 2.37. The second kappa shape index (κ2) is 8.91. The fourth-order valence-electron chi connectivity index (χ4n) is 3.95. The average molecular weight is 384 g/mol. The smallest absolute Gasteiger partial charge is 0.371 e. The minimum Gasteiger partial charge on any atom is -0.371 e. The van der Waals surface area contributed by atoms with Gasteiger partial charge in [0.2, 0.25) is 5.91 Å². The molecule has 0 spiro atoms. The summed E-state index contributed by atoms with van der Waals surface area (Å²) >= 11 is 0. The maximum Gasteiger partial charge on any atom is 0.401 e. The Labute approximate surface area is 157 Å². The predicted octanol–water partition coefficient (Wildman–Crippen LogP) is 2.69. The van der Waals surface area contributed by atoms with Crippen LogP contribution >= 0.6 is 0 Å². The van der Waals surface area contributed by atoms with Crippen molar-refractivity contribution in [3.05, 3.63) is 24.5 Å². The van der Waals surface area contributed by atoms with Crippen molar-refractivity contribution in [2.45, 2.75) is 31.9 Å². The lowest BCUT2D eigenvalue weighted by Gasteiger charge is -2.34. The molecule has 1 aromatic rings. The maximum atomic E-state index is 12.4. The van der Waals surface area contributed by atoms with E-state index >= 15 is 0 Å². The van der Waals surface area contributed by atoms with Crippen molar-refractivity contribution in [1.82, 2.24) is 15.2 Å². The van der Waals surface area contributed by atoms with Crippen molar-refractivity contribution in [3.63, 3.8) is 0 Å². The molecule has 27 heavy (non-hydrogen) atoms. The first-order chi connectivity index (χ1) is 12.9. The van der Waals surface area contributed by atoms with Crippen LogP contribution in [0.4, 0.5) is 18.9 Å². The lowest BCUT2D eigenvalue weighted by atomic mass is 9.94. The summed E-state index contributed by atoms with van der Waals surface area (Å²) in [6, 6.07) is 4.01. The summed E-state index contributed by atoms with van der Waals surface area (Å²) in [5, 5.41) is 3.03. The van der Waals surface area contributed by atoms with Crippen molar-refractivity contribution in [3.8, 4) is 0 Å². The number of anilines is 1. The molecule has 0 aromatic carbocycles. The van der Waals surface area contributed by atoms with Crippen LogP contribution < -0.4 is 10.2 Å². The largest absolute Gasteiger partial charge is 0.401 e. The van der Waals surface area contributed by atoms with Crippen molar-refractivity contribution in [1.29, 1.82) is 0 Å². The molecule has 1 aromatic heterocycles. The van der Waals surface area contributed by atoms with Crippen LogP contribution in [0.1, 0.15) is 25.7 Å². The molecule has 1 N–H and O–H groups in total. The normalized spacial score (nSPS) is 20.6. The molecule has 2 aliphatic rings. The van der Waals surface area contributed by atoms with Gasteiger partial charge < -0.3 is 10.2 Å². The molecule has 0 saturated carbocycles. The van der Waals surface area contributed by atoms with Crippen molar-refractivity contribution < 1.29 is 18.0 Å². The topological polar surface area (TPSA) is 48.5 Å². The number of amides is 1. The Morgan fingerprint density at radius 2 is 1.70 bits per heavy atom. The van der Waals surface area contributed by atoms with E-state index in [2.05, 4.69) is 15.2 Å². The molecule has 0 atom stereocenters. The zero-order valence-electron chi connectivity index (χ0n) is 15.4. The van der Waals surface area contributed by atoms with E-state index in [0.29, 0.717) is 38.4 Å². The summed E-state index contributed by atoms with van der Waals surface area (Å²) in [7, 11) is 0. The lowest BCUT2D eigenvalue weighted by molar-refractivity contribution is -0.149. The molecule has 5 nitrogen and oxygen atoms in total. The van der Waals surface area contributed by atoms with E-state index in [9.17, 15) is 18.0 Å². The first kappa shape index (κ1) is 19.9. The SMILES string of the molecule is O=C(NCC1CCN(c2ccncc2)CC1)C1CCN(CC(F)(F)F)CC1. The van der Waals surface area contributed by atoms with Crippen molar-refractivity contribution in [2.75, 3.05) is 44.2 Å². The fourth-order valence-corrected chi connectivity index (χ4v) is 3.95. The number of likely N-dealkylation sites (tertiary alicyclic amines) is 1. The Morgan fingerprint density at radius 1 is 1.07 bits per heavy atom. The number of rotatable bonds is 5. The van der Waals surface area contributed by atoms with E-state index in [0.717, 1.165) is 25.9 Å². The highest BCUT2D eigenvalue weighted by Gasteiger charge is 2.34. The Bertz CT molecular complexity index is 595. The number of piperidine rings is 2. The number of hydrogen-bond donors (Lipinski definition) is 1. The van der Waals surface area contributed by atoms with Gasteiger partial charge in [-0.15, -0.1) is 0 Å². The molecule has 0 aliphatic carbocycles. The molecule has 3 rings (SSSR count). The Kier molecular flexibility index (Phi) is 6.57. The van der Waals surface area contributed by atoms with Crippen LogP contribution in [-0.4, -0.2) is 61.2 Å². The number of hydrogen-bond acceptors (Lipinski definition) is 4. The third-order valence-corrected chi connectivity index (χ3v) is 5.57. The van der Waals surface area contributed by atoms with Crippen LogP contribution in [0.3, 0.4) is 0 Å².